The Morgan fingerprint density at radius 1 is 0.962 bits per heavy atom. The van der Waals surface area contributed by atoms with Crippen LogP contribution in [-0.2, 0) is 16.1 Å². The Hall–Kier alpha value is -2.95. The van der Waals surface area contributed by atoms with Crippen LogP contribution in [0.25, 0.3) is 6.08 Å². The van der Waals surface area contributed by atoms with Crippen LogP contribution in [0.4, 0.5) is 0 Å². The van der Waals surface area contributed by atoms with Crippen LogP contribution in [-0.4, -0.2) is 26.3 Å². The first kappa shape index (κ1) is 19.4. The summed E-state index contributed by atoms with van der Waals surface area (Å²) in [6.07, 6.45) is 3.07. The molecule has 0 aliphatic rings. The van der Waals surface area contributed by atoms with Crippen molar-refractivity contribution >= 4 is 12.0 Å². The normalized spacial score (nSPS) is 10.6. The molecule has 0 bridgehead atoms. The molecule has 0 amide bonds. The van der Waals surface area contributed by atoms with Gasteiger partial charge < -0.3 is 18.9 Å². The molecule has 0 aromatic heterocycles. The first-order valence-electron chi connectivity index (χ1n) is 8.53. The van der Waals surface area contributed by atoms with E-state index in [-0.39, 0.29) is 5.97 Å². The molecule has 5 nitrogen and oxygen atoms in total. The van der Waals surface area contributed by atoms with Gasteiger partial charge in [-0.05, 0) is 55.3 Å². The molecule has 0 spiro atoms. The standard InChI is InChI=1S/C21H24O5/c1-4-24-18-10-6-17(7-11-18)15-26-20-14-16(8-12-19(20)23-3)9-13-21(22)25-5-2/h6-14H,4-5,15H2,1-3H3/b13-9+. The lowest BCUT2D eigenvalue weighted by Gasteiger charge is -2.12. The number of hydrogen-bond acceptors (Lipinski definition) is 5. The summed E-state index contributed by atoms with van der Waals surface area (Å²) in [5, 5.41) is 0. The number of carbonyl (C=O) groups excluding carboxylic acids is 1. The van der Waals surface area contributed by atoms with Crippen LogP contribution in [0.3, 0.4) is 0 Å². The van der Waals surface area contributed by atoms with Gasteiger partial charge in [0.05, 0.1) is 20.3 Å². The molecule has 0 N–H and O–H groups in total. The summed E-state index contributed by atoms with van der Waals surface area (Å²) >= 11 is 0. The zero-order chi connectivity index (χ0) is 18.8. The summed E-state index contributed by atoms with van der Waals surface area (Å²) in [5.74, 6) is 1.69. The highest BCUT2D eigenvalue weighted by atomic mass is 16.5. The van der Waals surface area contributed by atoms with Crippen molar-refractivity contribution in [3.8, 4) is 17.2 Å². The maximum absolute atomic E-state index is 11.4. The van der Waals surface area contributed by atoms with Gasteiger partial charge in [-0.2, -0.15) is 0 Å². The van der Waals surface area contributed by atoms with Crippen molar-refractivity contribution in [1.82, 2.24) is 0 Å². The van der Waals surface area contributed by atoms with Gasteiger partial charge in [0, 0.05) is 6.08 Å². The fourth-order valence-electron chi connectivity index (χ4n) is 2.27. The summed E-state index contributed by atoms with van der Waals surface area (Å²) in [5.41, 5.74) is 1.84. The molecule has 138 valence electrons. The number of benzene rings is 2. The molecule has 2 aromatic carbocycles. The maximum Gasteiger partial charge on any atom is 0.330 e. The largest absolute Gasteiger partial charge is 0.494 e. The van der Waals surface area contributed by atoms with Gasteiger partial charge in [-0.15, -0.1) is 0 Å². The second-order valence-corrected chi connectivity index (χ2v) is 5.36. The third-order valence-corrected chi connectivity index (χ3v) is 3.51. The molecule has 0 saturated carbocycles. The Balaban J connectivity index is 2.06. The summed E-state index contributed by atoms with van der Waals surface area (Å²) in [4.78, 5) is 11.4. The summed E-state index contributed by atoms with van der Waals surface area (Å²) in [6, 6.07) is 13.2. The second-order valence-electron chi connectivity index (χ2n) is 5.36. The third kappa shape index (κ3) is 5.84. The van der Waals surface area contributed by atoms with Crippen molar-refractivity contribution in [1.29, 1.82) is 0 Å². The average Bonchev–Trinajstić information content (AvgIpc) is 2.66. The van der Waals surface area contributed by atoms with Crippen molar-refractivity contribution in [2.75, 3.05) is 20.3 Å². The van der Waals surface area contributed by atoms with E-state index >= 15 is 0 Å². The van der Waals surface area contributed by atoms with Gasteiger partial charge in [0.2, 0.25) is 0 Å². The number of esters is 1. The van der Waals surface area contributed by atoms with Gasteiger partial charge in [0.15, 0.2) is 11.5 Å². The highest BCUT2D eigenvalue weighted by Crippen LogP contribution is 2.29. The predicted molar refractivity (Wildman–Crippen MR) is 101 cm³/mol. The lowest BCUT2D eigenvalue weighted by molar-refractivity contribution is -0.137. The van der Waals surface area contributed by atoms with E-state index in [4.69, 9.17) is 18.9 Å². The molecule has 0 radical (unpaired) electrons. The SMILES string of the molecule is CCOC(=O)/C=C/c1ccc(OC)c(OCc2ccc(OCC)cc2)c1. The lowest BCUT2D eigenvalue weighted by atomic mass is 10.2. The second kappa shape index (κ2) is 10.1. The molecule has 0 atom stereocenters. The monoisotopic (exact) mass is 356 g/mol. The van der Waals surface area contributed by atoms with Crippen molar-refractivity contribution in [3.63, 3.8) is 0 Å². The summed E-state index contributed by atoms with van der Waals surface area (Å²) < 4.78 is 21.5. The van der Waals surface area contributed by atoms with Crippen molar-refractivity contribution < 1.29 is 23.7 Å². The maximum atomic E-state index is 11.4. The van der Waals surface area contributed by atoms with Crippen LogP contribution in [0.2, 0.25) is 0 Å². The molecule has 2 aromatic rings. The number of rotatable bonds is 9. The zero-order valence-corrected chi connectivity index (χ0v) is 15.4. The van der Waals surface area contributed by atoms with Crippen LogP contribution >= 0.6 is 0 Å². The summed E-state index contributed by atoms with van der Waals surface area (Å²) in [6.45, 7) is 5.11. The van der Waals surface area contributed by atoms with Crippen molar-refractivity contribution in [2.45, 2.75) is 20.5 Å². The van der Waals surface area contributed by atoms with Crippen molar-refractivity contribution in [3.05, 3.63) is 59.7 Å². The van der Waals surface area contributed by atoms with Crippen molar-refractivity contribution in [2.24, 2.45) is 0 Å². The van der Waals surface area contributed by atoms with Crippen LogP contribution in [0, 0.1) is 0 Å². The Morgan fingerprint density at radius 3 is 2.38 bits per heavy atom. The zero-order valence-electron chi connectivity index (χ0n) is 15.4. The third-order valence-electron chi connectivity index (χ3n) is 3.51. The van der Waals surface area contributed by atoms with E-state index in [1.807, 2.05) is 43.3 Å². The molecule has 0 heterocycles. The first-order valence-corrected chi connectivity index (χ1v) is 8.53. The van der Waals surface area contributed by atoms with E-state index in [9.17, 15) is 4.79 Å². The minimum Gasteiger partial charge on any atom is -0.494 e. The van der Waals surface area contributed by atoms with Gasteiger partial charge in [-0.25, -0.2) is 4.79 Å². The number of methoxy groups -OCH3 is 1. The van der Waals surface area contributed by atoms with Gasteiger partial charge >= 0.3 is 5.97 Å². The minimum atomic E-state index is -0.375. The minimum absolute atomic E-state index is 0.349. The Bertz CT molecular complexity index is 735. The molecule has 0 aliphatic heterocycles. The fourth-order valence-corrected chi connectivity index (χ4v) is 2.27. The molecule has 0 unspecified atom stereocenters. The lowest BCUT2D eigenvalue weighted by Crippen LogP contribution is -1.99. The van der Waals surface area contributed by atoms with Gasteiger partial charge in [-0.1, -0.05) is 18.2 Å². The summed E-state index contributed by atoms with van der Waals surface area (Å²) in [7, 11) is 1.59. The molecule has 0 aliphatic carbocycles. The van der Waals surface area contributed by atoms with Crippen LogP contribution in [0.5, 0.6) is 17.2 Å². The van der Waals surface area contributed by atoms with Gasteiger partial charge in [-0.3, -0.25) is 0 Å². The van der Waals surface area contributed by atoms with E-state index in [0.29, 0.717) is 31.3 Å². The van der Waals surface area contributed by atoms with E-state index in [2.05, 4.69) is 0 Å². The number of carbonyl (C=O) groups is 1. The molecule has 0 saturated heterocycles. The predicted octanol–water partition coefficient (Wildman–Crippen LogP) is 4.25. The Morgan fingerprint density at radius 2 is 1.73 bits per heavy atom. The van der Waals surface area contributed by atoms with Gasteiger partial charge in [0.25, 0.3) is 0 Å². The first-order chi connectivity index (χ1) is 12.7. The highest BCUT2D eigenvalue weighted by molar-refractivity contribution is 5.87. The molecular weight excluding hydrogens is 332 g/mol. The number of hydrogen-bond donors (Lipinski definition) is 0. The van der Waals surface area contributed by atoms with Crippen LogP contribution < -0.4 is 14.2 Å². The van der Waals surface area contributed by atoms with Crippen LogP contribution in [0.1, 0.15) is 25.0 Å². The van der Waals surface area contributed by atoms with Crippen LogP contribution in [0.15, 0.2) is 48.5 Å². The molecule has 0 fully saturated rings. The van der Waals surface area contributed by atoms with E-state index in [0.717, 1.165) is 16.9 Å². The Labute approximate surface area is 154 Å². The van der Waals surface area contributed by atoms with E-state index in [1.54, 1.807) is 26.2 Å². The smallest absolute Gasteiger partial charge is 0.330 e. The van der Waals surface area contributed by atoms with E-state index in [1.165, 1.54) is 6.08 Å². The molecule has 5 heteroatoms. The topological polar surface area (TPSA) is 54.0 Å². The van der Waals surface area contributed by atoms with E-state index < -0.39 is 0 Å². The molecule has 2 rings (SSSR count). The fraction of sp³-hybridized carbons (Fsp3) is 0.286. The van der Waals surface area contributed by atoms with Gasteiger partial charge in [0.1, 0.15) is 12.4 Å². The number of ether oxygens (including phenoxy) is 4. The average molecular weight is 356 g/mol. The highest BCUT2D eigenvalue weighted by Gasteiger charge is 2.06. The quantitative estimate of drug-likeness (QED) is 0.497. The molecule has 26 heavy (non-hydrogen) atoms. The Kier molecular flexibility index (Phi) is 7.55. The molecular formula is C21H24O5.